The second-order valence-electron chi connectivity index (χ2n) is 9.30. The Kier molecular flexibility index (Phi) is 9.61. The number of sulfonamides is 1. The first-order valence-corrected chi connectivity index (χ1v) is 14.6. The molecule has 4 aromatic rings. The number of nitrogens with one attached hydrogen (secondary N) is 2. The van der Waals surface area contributed by atoms with Crippen molar-refractivity contribution >= 4 is 50.5 Å². The zero-order chi connectivity index (χ0) is 30.3. The molecule has 2 N–H and O–H groups in total. The first-order valence-electron chi connectivity index (χ1n) is 12.8. The zero-order valence-corrected chi connectivity index (χ0v) is 24.7. The monoisotopic (exact) mass is 604 g/mol. The van der Waals surface area contributed by atoms with Crippen LogP contribution < -0.4 is 19.8 Å². The number of hydrogen-bond donors (Lipinski definition) is 2. The van der Waals surface area contributed by atoms with E-state index in [2.05, 4.69) is 15.8 Å². The van der Waals surface area contributed by atoms with Crippen molar-refractivity contribution in [3.05, 3.63) is 119 Å². The number of nitrogens with zero attached hydrogens (tertiary/aromatic N) is 2. The van der Waals surface area contributed by atoms with Crippen molar-refractivity contribution in [2.24, 2.45) is 5.10 Å². The minimum absolute atomic E-state index is 0.0491. The molecule has 0 aromatic heterocycles. The topological polar surface area (TPSA) is 117 Å². The van der Waals surface area contributed by atoms with Gasteiger partial charge in [0, 0.05) is 16.3 Å². The van der Waals surface area contributed by atoms with Gasteiger partial charge in [-0.15, -0.1) is 0 Å². The lowest BCUT2D eigenvalue weighted by atomic mass is 10.1. The average molecular weight is 605 g/mol. The van der Waals surface area contributed by atoms with Gasteiger partial charge in [0.15, 0.2) is 0 Å². The summed E-state index contributed by atoms with van der Waals surface area (Å²) in [6.07, 6.45) is 0. The summed E-state index contributed by atoms with van der Waals surface area (Å²) in [6.45, 7) is 3.02. The maximum Gasteiger partial charge on any atom is 0.264 e. The highest BCUT2D eigenvalue weighted by atomic mass is 35.5. The van der Waals surface area contributed by atoms with Crippen LogP contribution in [-0.2, 0) is 14.8 Å². The lowest BCUT2D eigenvalue weighted by Crippen LogP contribution is -2.39. The van der Waals surface area contributed by atoms with E-state index in [4.69, 9.17) is 16.3 Å². The molecule has 0 unspecified atom stereocenters. The molecule has 4 rings (SSSR count). The van der Waals surface area contributed by atoms with Crippen molar-refractivity contribution in [2.75, 3.05) is 23.3 Å². The van der Waals surface area contributed by atoms with Crippen LogP contribution >= 0.6 is 11.6 Å². The van der Waals surface area contributed by atoms with E-state index >= 15 is 0 Å². The Hall–Kier alpha value is -4.67. The second-order valence-corrected chi connectivity index (χ2v) is 11.6. The number of amides is 2. The van der Waals surface area contributed by atoms with E-state index in [1.807, 2.05) is 6.92 Å². The molecule has 0 saturated heterocycles. The fourth-order valence-electron chi connectivity index (χ4n) is 3.93. The van der Waals surface area contributed by atoms with Crippen molar-refractivity contribution in [3.63, 3.8) is 0 Å². The number of halogens is 1. The van der Waals surface area contributed by atoms with E-state index in [0.29, 0.717) is 33.3 Å². The van der Waals surface area contributed by atoms with Crippen LogP contribution in [0.5, 0.6) is 5.75 Å². The van der Waals surface area contributed by atoms with Gasteiger partial charge in [0.05, 0.1) is 23.4 Å². The molecular formula is C31H29ClN4O5S. The summed E-state index contributed by atoms with van der Waals surface area (Å²) in [5, 5.41) is 7.43. The van der Waals surface area contributed by atoms with Crippen molar-refractivity contribution in [3.8, 4) is 5.75 Å². The van der Waals surface area contributed by atoms with Gasteiger partial charge < -0.3 is 10.1 Å². The van der Waals surface area contributed by atoms with Gasteiger partial charge in [0.25, 0.3) is 21.8 Å². The molecule has 0 fully saturated rings. The van der Waals surface area contributed by atoms with Gasteiger partial charge in [-0.05, 0) is 86.1 Å². The molecular weight excluding hydrogens is 576 g/mol. The molecule has 0 aliphatic rings. The normalized spacial score (nSPS) is 11.5. The van der Waals surface area contributed by atoms with Gasteiger partial charge in [0.1, 0.15) is 12.3 Å². The first kappa shape index (κ1) is 30.3. The number of carbonyl (C=O) groups is 2. The molecule has 42 heavy (non-hydrogen) atoms. The standard InChI is InChI=1S/C31H29ClN4O5S/c1-21-10-16-29(17-11-21)42(39,40)36(27-12-14-28(41-3)15-13-27)20-30(37)35-34-22(2)23-6-5-9-26(19-23)33-31(38)24-7-4-8-25(32)18-24/h4-19H,20H2,1-3H3,(H,33,38)(H,35,37)/b34-22-. The molecule has 0 spiro atoms. The van der Waals surface area contributed by atoms with Crippen LogP contribution in [0.1, 0.15) is 28.4 Å². The molecule has 0 bridgehead atoms. The van der Waals surface area contributed by atoms with Gasteiger partial charge in [-0.25, -0.2) is 13.8 Å². The lowest BCUT2D eigenvalue weighted by molar-refractivity contribution is -0.119. The number of anilines is 2. The Morgan fingerprint density at radius 2 is 1.57 bits per heavy atom. The SMILES string of the molecule is COc1ccc(N(CC(=O)N/N=C(/C)c2cccc(NC(=O)c3cccc(Cl)c3)c2)S(=O)(=O)c2ccc(C)cc2)cc1. The van der Waals surface area contributed by atoms with Crippen LogP contribution in [0.4, 0.5) is 11.4 Å². The Morgan fingerprint density at radius 3 is 2.24 bits per heavy atom. The fourth-order valence-corrected chi connectivity index (χ4v) is 5.54. The minimum atomic E-state index is -4.08. The highest BCUT2D eigenvalue weighted by Crippen LogP contribution is 2.26. The van der Waals surface area contributed by atoms with Gasteiger partial charge in [-0.1, -0.05) is 47.5 Å². The van der Waals surface area contributed by atoms with Crippen LogP contribution in [0.15, 0.2) is 107 Å². The van der Waals surface area contributed by atoms with Gasteiger partial charge in [-0.2, -0.15) is 5.10 Å². The molecule has 0 radical (unpaired) electrons. The largest absolute Gasteiger partial charge is 0.497 e. The van der Waals surface area contributed by atoms with Gasteiger partial charge in [0.2, 0.25) is 0 Å². The summed E-state index contributed by atoms with van der Waals surface area (Å²) in [5.74, 6) is -0.431. The third-order valence-electron chi connectivity index (χ3n) is 6.23. The number of ether oxygens (including phenoxy) is 1. The molecule has 0 heterocycles. The van der Waals surface area contributed by atoms with E-state index in [-0.39, 0.29) is 16.5 Å². The number of carbonyl (C=O) groups excluding carboxylic acids is 2. The third kappa shape index (κ3) is 7.54. The maximum atomic E-state index is 13.6. The Balaban J connectivity index is 1.51. The lowest BCUT2D eigenvalue weighted by Gasteiger charge is -2.24. The first-order chi connectivity index (χ1) is 20.1. The second kappa shape index (κ2) is 13.3. The van der Waals surface area contributed by atoms with Crippen LogP contribution in [0.2, 0.25) is 5.02 Å². The predicted molar refractivity (Wildman–Crippen MR) is 165 cm³/mol. The van der Waals surface area contributed by atoms with E-state index in [1.54, 1.807) is 91.9 Å². The summed E-state index contributed by atoms with van der Waals surface area (Å²) in [7, 11) is -2.58. The molecule has 0 atom stereocenters. The number of hydrazone groups is 1. The molecule has 0 aliphatic heterocycles. The van der Waals surface area contributed by atoms with E-state index < -0.39 is 22.5 Å². The van der Waals surface area contributed by atoms with Crippen LogP contribution in [-0.4, -0.2) is 39.6 Å². The summed E-state index contributed by atoms with van der Waals surface area (Å²) >= 11 is 5.99. The molecule has 4 aromatic carbocycles. The van der Waals surface area contributed by atoms with Crippen molar-refractivity contribution in [1.29, 1.82) is 0 Å². The van der Waals surface area contributed by atoms with E-state index in [9.17, 15) is 18.0 Å². The fraction of sp³-hybridized carbons (Fsp3) is 0.129. The molecule has 0 saturated carbocycles. The smallest absolute Gasteiger partial charge is 0.264 e. The number of hydrogen-bond acceptors (Lipinski definition) is 6. The Labute approximate surface area is 249 Å². The minimum Gasteiger partial charge on any atom is -0.497 e. The summed E-state index contributed by atoms with van der Waals surface area (Å²) in [4.78, 5) is 25.6. The number of aryl methyl sites for hydroxylation is 1. The third-order valence-corrected chi connectivity index (χ3v) is 8.25. The van der Waals surface area contributed by atoms with Gasteiger partial charge in [-0.3, -0.25) is 13.9 Å². The predicted octanol–water partition coefficient (Wildman–Crippen LogP) is 5.65. The zero-order valence-electron chi connectivity index (χ0n) is 23.2. The molecule has 216 valence electrons. The number of benzene rings is 4. The average Bonchev–Trinajstić information content (AvgIpc) is 2.99. The van der Waals surface area contributed by atoms with Crippen molar-refractivity contribution in [1.82, 2.24) is 5.43 Å². The van der Waals surface area contributed by atoms with Crippen molar-refractivity contribution in [2.45, 2.75) is 18.7 Å². The Bertz CT molecular complexity index is 1720. The highest BCUT2D eigenvalue weighted by Gasteiger charge is 2.27. The van der Waals surface area contributed by atoms with Crippen LogP contribution in [0.3, 0.4) is 0 Å². The number of methoxy groups -OCH3 is 1. The summed E-state index contributed by atoms with van der Waals surface area (Å²) in [5.41, 5.74) is 5.65. The summed E-state index contributed by atoms with van der Waals surface area (Å²) in [6, 6.07) is 26.3. The van der Waals surface area contributed by atoms with E-state index in [0.717, 1.165) is 9.87 Å². The Morgan fingerprint density at radius 1 is 0.905 bits per heavy atom. The molecule has 11 heteroatoms. The molecule has 9 nitrogen and oxygen atoms in total. The van der Waals surface area contributed by atoms with Crippen LogP contribution in [0.25, 0.3) is 0 Å². The van der Waals surface area contributed by atoms with Crippen molar-refractivity contribution < 1.29 is 22.7 Å². The van der Waals surface area contributed by atoms with Crippen LogP contribution in [0, 0.1) is 6.92 Å². The number of rotatable bonds is 10. The van der Waals surface area contributed by atoms with E-state index in [1.165, 1.54) is 19.2 Å². The quantitative estimate of drug-likeness (QED) is 0.179. The highest BCUT2D eigenvalue weighted by molar-refractivity contribution is 7.92. The maximum absolute atomic E-state index is 13.6. The van der Waals surface area contributed by atoms with Gasteiger partial charge >= 0.3 is 0 Å². The molecule has 2 amide bonds. The molecule has 0 aliphatic carbocycles. The summed E-state index contributed by atoms with van der Waals surface area (Å²) < 4.78 is 33.4.